The first-order valence-electron chi connectivity index (χ1n) is 5.75. The molecule has 1 heterocycles. The van der Waals surface area contributed by atoms with Gasteiger partial charge in [-0.05, 0) is 25.1 Å². The summed E-state index contributed by atoms with van der Waals surface area (Å²) in [5.41, 5.74) is 0.835. The van der Waals surface area contributed by atoms with Gasteiger partial charge in [0.15, 0.2) is 5.82 Å². The molecule has 2 aromatic rings. The van der Waals surface area contributed by atoms with E-state index < -0.39 is 0 Å². The van der Waals surface area contributed by atoms with Crippen LogP contribution in [0.25, 0.3) is 0 Å². The molecule has 0 bridgehead atoms. The first-order chi connectivity index (χ1) is 8.83. The van der Waals surface area contributed by atoms with Gasteiger partial charge in [0.25, 0.3) is 0 Å². The van der Waals surface area contributed by atoms with E-state index in [4.69, 9.17) is 9.84 Å². The lowest BCUT2D eigenvalue weighted by molar-refractivity contribution is 0.271. The third kappa shape index (κ3) is 2.95. The summed E-state index contributed by atoms with van der Waals surface area (Å²) in [7, 11) is 0. The van der Waals surface area contributed by atoms with E-state index >= 15 is 0 Å². The Morgan fingerprint density at radius 1 is 1.28 bits per heavy atom. The maximum atomic E-state index is 8.99. The molecule has 0 atom stereocenters. The van der Waals surface area contributed by atoms with Gasteiger partial charge in [-0.3, -0.25) is 0 Å². The molecule has 0 amide bonds. The van der Waals surface area contributed by atoms with Gasteiger partial charge in [-0.2, -0.15) is 0 Å². The maximum Gasteiger partial charge on any atom is 0.156 e. The molecule has 0 radical (unpaired) electrons. The normalized spacial score (nSPS) is 10.1. The lowest BCUT2D eigenvalue weighted by Crippen LogP contribution is -2.01. The highest BCUT2D eigenvalue weighted by Crippen LogP contribution is 2.26. The molecule has 0 saturated heterocycles. The molecule has 0 spiro atoms. The molecule has 1 aromatic heterocycles. The van der Waals surface area contributed by atoms with Gasteiger partial charge in [0.2, 0.25) is 0 Å². The zero-order valence-electron chi connectivity index (χ0n) is 10.1. The molecular formula is C13H15N3O2. The van der Waals surface area contributed by atoms with Crippen LogP contribution in [-0.4, -0.2) is 21.7 Å². The highest BCUT2D eigenvalue weighted by molar-refractivity contribution is 5.63. The van der Waals surface area contributed by atoms with Crippen molar-refractivity contribution in [3.05, 3.63) is 42.4 Å². The summed E-state index contributed by atoms with van der Waals surface area (Å²) < 4.78 is 5.51. The van der Waals surface area contributed by atoms with Crippen molar-refractivity contribution >= 4 is 11.5 Å². The van der Waals surface area contributed by atoms with Gasteiger partial charge >= 0.3 is 0 Å². The van der Waals surface area contributed by atoms with Gasteiger partial charge in [-0.1, -0.05) is 12.1 Å². The summed E-state index contributed by atoms with van der Waals surface area (Å²) in [5, 5.41) is 12.1. The predicted molar refractivity (Wildman–Crippen MR) is 68.8 cm³/mol. The number of hydrogen-bond acceptors (Lipinski definition) is 5. The molecule has 0 fully saturated rings. The Kier molecular flexibility index (Phi) is 4.09. The molecule has 0 unspecified atom stereocenters. The van der Waals surface area contributed by atoms with Gasteiger partial charge in [0, 0.05) is 6.20 Å². The zero-order chi connectivity index (χ0) is 12.8. The number of hydrogen-bond donors (Lipinski definition) is 2. The number of para-hydroxylation sites is 2. The van der Waals surface area contributed by atoms with E-state index in [0.29, 0.717) is 18.2 Å². The van der Waals surface area contributed by atoms with Crippen LogP contribution in [0.4, 0.5) is 11.5 Å². The number of aliphatic hydroxyl groups excluding tert-OH is 1. The average Bonchev–Trinajstić information content (AvgIpc) is 2.41. The summed E-state index contributed by atoms with van der Waals surface area (Å²) >= 11 is 0. The topological polar surface area (TPSA) is 67.3 Å². The molecule has 0 aliphatic heterocycles. The molecule has 2 rings (SSSR count). The van der Waals surface area contributed by atoms with Crippen LogP contribution in [0.1, 0.15) is 12.7 Å². The fourth-order valence-electron chi connectivity index (χ4n) is 1.53. The first kappa shape index (κ1) is 12.3. The van der Waals surface area contributed by atoms with Crippen LogP contribution >= 0.6 is 0 Å². The predicted octanol–water partition coefficient (Wildman–Crippen LogP) is 2.11. The largest absolute Gasteiger partial charge is 0.492 e. The molecule has 18 heavy (non-hydrogen) atoms. The lowest BCUT2D eigenvalue weighted by atomic mass is 10.3. The third-order valence-corrected chi connectivity index (χ3v) is 2.30. The van der Waals surface area contributed by atoms with E-state index in [1.807, 2.05) is 31.2 Å². The number of nitrogens with zero attached hydrogens (tertiary/aromatic N) is 2. The van der Waals surface area contributed by atoms with Crippen LogP contribution < -0.4 is 10.1 Å². The second-order valence-electron chi connectivity index (χ2n) is 3.57. The van der Waals surface area contributed by atoms with Gasteiger partial charge < -0.3 is 15.2 Å². The van der Waals surface area contributed by atoms with Crippen molar-refractivity contribution in [3.8, 4) is 5.75 Å². The van der Waals surface area contributed by atoms with Gasteiger partial charge in [-0.25, -0.2) is 9.97 Å². The lowest BCUT2D eigenvalue weighted by Gasteiger charge is -2.11. The molecule has 5 nitrogen and oxygen atoms in total. The van der Waals surface area contributed by atoms with E-state index in [1.165, 1.54) is 0 Å². The quantitative estimate of drug-likeness (QED) is 0.844. The first-order valence-corrected chi connectivity index (χ1v) is 5.75. The minimum absolute atomic E-state index is 0.178. The highest BCUT2D eigenvalue weighted by Gasteiger charge is 2.04. The second kappa shape index (κ2) is 5.97. The van der Waals surface area contributed by atoms with Crippen molar-refractivity contribution in [2.45, 2.75) is 13.5 Å². The highest BCUT2D eigenvalue weighted by atomic mass is 16.5. The summed E-state index contributed by atoms with van der Waals surface area (Å²) in [6.45, 7) is 2.36. The van der Waals surface area contributed by atoms with E-state index in [1.54, 1.807) is 12.3 Å². The van der Waals surface area contributed by atoms with Crippen molar-refractivity contribution in [2.24, 2.45) is 0 Å². The molecule has 0 aliphatic carbocycles. The fourth-order valence-corrected chi connectivity index (χ4v) is 1.53. The standard InChI is InChI=1S/C13H15N3O2/c1-2-18-11-6-4-3-5-10(11)15-12-7-8-14-13(9-17)16-12/h3-8,17H,2,9H2,1H3,(H,14,15,16). The molecule has 94 valence electrons. The van der Waals surface area contributed by atoms with Crippen LogP contribution in [0.15, 0.2) is 36.5 Å². The molecular weight excluding hydrogens is 230 g/mol. The van der Waals surface area contributed by atoms with Gasteiger partial charge in [0.1, 0.15) is 18.2 Å². The minimum Gasteiger partial charge on any atom is -0.492 e. The van der Waals surface area contributed by atoms with Gasteiger partial charge in [-0.15, -0.1) is 0 Å². The zero-order valence-corrected chi connectivity index (χ0v) is 10.1. The molecule has 1 aromatic carbocycles. The van der Waals surface area contributed by atoms with E-state index in [-0.39, 0.29) is 6.61 Å². The van der Waals surface area contributed by atoms with E-state index in [2.05, 4.69) is 15.3 Å². The van der Waals surface area contributed by atoms with Crippen LogP contribution in [0.5, 0.6) is 5.75 Å². The number of aliphatic hydroxyl groups is 1. The van der Waals surface area contributed by atoms with Crippen LogP contribution in [-0.2, 0) is 6.61 Å². The Hall–Kier alpha value is -2.14. The van der Waals surface area contributed by atoms with Gasteiger partial charge in [0.05, 0.1) is 12.3 Å². The number of anilines is 2. The SMILES string of the molecule is CCOc1ccccc1Nc1ccnc(CO)n1. The third-order valence-electron chi connectivity index (χ3n) is 2.30. The van der Waals surface area contributed by atoms with E-state index in [0.717, 1.165) is 11.4 Å². The van der Waals surface area contributed by atoms with Crippen LogP contribution in [0.2, 0.25) is 0 Å². The number of ether oxygens (including phenoxy) is 1. The maximum absolute atomic E-state index is 8.99. The Labute approximate surface area is 105 Å². The smallest absolute Gasteiger partial charge is 0.156 e. The van der Waals surface area contributed by atoms with Crippen molar-refractivity contribution in [1.82, 2.24) is 9.97 Å². The molecule has 0 aliphatic rings. The Morgan fingerprint density at radius 2 is 2.11 bits per heavy atom. The summed E-state index contributed by atoms with van der Waals surface area (Å²) in [6.07, 6.45) is 1.60. The Morgan fingerprint density at radius 3 is 2.89 bits per heavy atom. The van der Waals surface area contributed by atoms with Crippen molar-refractivity contribution < 1.29 is 9.84 Å². The van der Waals surface area contributed by atoms with Crippen molar-refractivity contribution in [1.29, 1.82) is 0 Å². The number of nitrogens with one attached hydrogen (secondary N) is 1. The van der Waals surface area contributed by atoms with Crippen LogP contribution in [0.3, 0.4) is 0 Å². The van der Waals surface area contributed by atoms with E-state index in [9.17, 15) is 0 Å². The van der Waals surface area contributed by atoms with Crippen molar-refractivity contribution in [3.63, 3.8) is 0 Å². The summed E-state index contributed by atoms with van der Waals surface area (Å²) in [5.74, 6) is 1.78. The second-order valence-corrected chi connectivity index (χ2v) is 3.57. The molecule has 0 saturated carbocycles. The number of benzene rings is 1. The summed E-state index contributed by atoms with van der Waals surface area (Å²) in [4.78, 5) is 8.09. The minimum atomic E-state index is -0.178. The summed E-state index contributed by atoms with van der Waals surface area (Å²) in [6, 6.07) is 9.36. The average molecular weight is 245 g/mol. The van der Waals surface area contributed by atoms with Crippen LogP contribution in [0, 0.1) is 0 Å². The van der Waals surface area contributed by atoms with Crippen molar-refractivity contribution in [2.75, 3.05) is 11.9 Å². The molecule has 2 N–H and O–H groups in total. The number of rotatable bonds is 5. The Balaban J connectivity index is 2.22. The fraction of sp³-hybridized carbons (Fsp3) is 0.231. The Bertz CT molecular complexity index is 517. The monoisotopic (exact) mass is 245 g/mol. The molecule has 5 heteroatoms. The number of aromatic nitrogens is 2.